The number of carboxylic acids is 1. The van der Waals surface area contributed by atoms with E-state index in [9.17, 15) is 4.79 Å². The summed E-state index contributed by atoms with van der Waals surface area (Å²) in [6.07, 6.45) is 1.83. The van der Waals surface area contributed by atoms with Gasteiger partial charge in [-0.25, -0.2) is 4.98 Å². The number of nitrogens with one attached hydrogen (secondary N) is 1. The maximum absolute atomic E-state index is 10.7. The van der Waals surface area contributed by atoms with Crippen molar-refractivity contribution in [3.05, 3.63) is 41.9 Å². The molecule has 1 heterocycles. The third kappa shape index (κ3) is 2.77. The average Bonchev–Trinajstić information content (AvgIpc) is 2.78. The molecular formula is C14H16N2O2. The molecule has 4 heteroatoms. The van der Waals surface area contributed by atoms with Crippen molar-refractivity contribution in [3.8, 4) is 11.3 Å². The molecule has 0 spiro atoms. The molecule has 1 atom stereocenters. The first-order chi connectivity index (χ1) is 8.56. The highest BCUT2D eigenvalue weighted by Gasteiger charge is 2.13. The van der Waals surface area contributed by atoms with Crippen LogP contribution in [0.2, 0.25) is 0 Å². The van der Waals surface area contributed by atoms with Gasteiger partial charge in [-0.2, -0.15) is 0 Å². The van der Waals surface area contributed by atoms with Crippen molar-refractivity contribution in [1.29, 1.82) is 0 Å². The molecule has 2 aromatic rings. The summed E-state index contributed by atoms with van der Waals surface area (Å²) in [6.45, 7) is 3.89. The molecule has 0 aliphatic carbocycles. The molecule has 0 aliphatic heterocycles. The van der Waals surface area contributed by atoms with Gasteiger partial charge in [-0.3, -0.25) is 4.79 Å². The van der Waals surface area contributed by atoms with Gasteiger partial charge >= 0.3 is 5.97 Å². The van der Waals surface area contributed by atoms with Gasteiger partial charge in [0.05, 0.1) is 18.3 Å². The molecule has 4 nitrogen and oxygen atoms in total. The topological polar surface area (TPSA) is 66.0 Å². The van der Waals surface area contributed by atoms with Crippen LogP contribution < -0.4 is 0 Å². The van der Waals surface area contributed by atoms with Gasteiger partial charge in [0.1, 0.15) is 5.82 Å². The minimum atomic E-state index is -0.809. The number of nitrogens with zero attached hydrogens (tertiary/aromatic N) is 1. The largest absolute Gasteiger partial charge is 0.481 e. The lowest BCUT2D eigenvalue weighted by atomic mass is 10.1. The van der Waals surface area contributed by atoms with Gasteiger partial charge in [-0.1, -0.05) is 36.8 Å². The number of hydrogen-bond donors (Lipinski definition) is 2. The second kappa shape index (κ2) is 5.04. The monoisotopic (exact) mass is 244 g/mol. The van der Waals surface area contributed by atoms with E-state index in [4.69, 9.17) is 5.11 Å². The number of aryl methyl sites for hydroxylation is 1. The summed E-state index contributed by atoms with van der Waals surface area (Å²) in [5, 5.41) is 8.76. The van der Waals surface area contributed by atoms with Gasteiger partial charge in [0.2, 0.25) is 0 Å². The Hall–Kier alpha value is -2.10. The van der Waals surface area contributed by atoms with Gasteiger partial charge in [-0.05, 0) is 12.5 Å². The first-order valence-electron chi connectivity index (χ1n) is 5.90. The second-order valence-corrected chi connectivity index (χ2v) is 4.55. The molecule has 18 heavy (non-hydrogen) atoms. The quantitative estimate of drug-likeness (QED) is 0.868. The molecule has 0 aliphatic rings. The number of benzene rings is 1. The van der Waals surface area contributed by atoms with Crippen molar-refractivity contribution >= 4 is 5.97 Å². The fourth-order valence-corrected chi connectivity index (χ4v) is 1.83. The first-order valence-corrected chi connectivity index (χ1v) is 5.90. The van der Waals surface area contributed by atoms with Crippen LogP contribution in [0.4, 0.5) is 0 Å². The minimum Gasteiger partial charge on any atom is -0.481 e. The molecule has 0 saturated heterocycles. The molecule has 94 valence electrons. The Morgan fingerprint density at radius 3 is 2.67 bits per heavy atom. The summed E-state index contributed by atoms with van der Waals surface area (Å²) in [4.78, 5) is 18.1. The van der Waals surface area contributed by atoms with Crippen LogP contribution in [-0.2, 0) is 4.79 Å². The van der Waals surface area contributed by atoms with Crippen LogP contribution in [0.15, 0.2) is 30.5 Å². The summed E-state index contributed by atoms with van der Waals surface area (Å²) >= 11 is 0. The maximum Gasteiger partial charge on any atom is 0.304 e. The molecule has 1 unspecified atom stereocenters. The van der Waals surface area contributed by atoms with Crippen molar-refractivity contribution in [2.45, 2.75) is 26.2 Å². The van der Waals surface area contributed by atoms with E-state index >= 15 is 0 Å². The molecule has 0 amide bonds. The van der Waals surface area contributed by atoms with Crippen LogP contribution >= 0.6 is 0 Å². The molecule has 1 aromatic heterocycles. The van der Waals surface area contributed by atoms with Gasteiger partial charge < -0.3 is 10.1 Å². The fourth-order valence-electron chi connectivity index (χ4n) is 1.83. The van der Waals surface area contributed by atoms with Crippen LogP contribution in [0.25, 0.3) is 11.3 Å². The van der Waals surface area contributed by atoms with E-state index in [1.165, 1.54) is 5.56 Å². The normalized spacial score (nSPS) is 12.3. The second-order valence-electron chi connectivity index (χ2n) is 4.55. The lowest BCUT2D eigenvalue weighted by Gasteiger charge is -2.04. The van der Waals surface area contributed by atoms with E-state index in [2.05, 4.69) is 9.97 Å². The Bertz CT molecular complexity index is 543. The number of aromatic amines is 1. The van der Waals surface area contributed by atoms with Gasteiger partial charge in [0, 0.05) is 5.92 Å². The summed E-state index contributed by atoms with van der Waals surface area (Å²) in [6, 6.07) is 8.12. The number of aliphatic carboxylic acids is 1. The van der Waals surface area contributed by atoms with Gasteiger partial charge in [0.25, 0.3) is 0 Å². The Morgan fingerprint density at radius 1 is 1.39 bits per heavy atom. The zero-order chi connectivity index (χ0) is 13.1. The lowest BCUT2D eigenvalue weighted by Crippen LogP contribution is -2.04. The molecule has 2 rings (SSSR count). The smallest absolute Gasteiger partial charge is 0.304 e. The number of aromatic nitrogens is 2. The highest BCUT2D eigenvalue weighted by molar-refractivity contribution is 5.67. The van der Waals surface area contributed by atoms with E-state index in [0.29, 0.717) is 5.82 Å². The third-order valence-electron chi connectivity index (χ3n) is 2.91. The SMILES string of the molecule is Cc1ccc(-c2cnc(C(C)CC(=O)O)[nH]2)cc1. The van der Waals surface area contributed by atoms with E-state index in [0.717, 1.165) is 11.3 Å². The predicted octanol–water partition coefficient (Wildman–Crippen LogP) is 2.96. The van der Waals surface area contributed by atoms with E-state index < -0.39 is 5.97 Å². The van der Waals surface area contributed by atoms with Crippen molar-refractivity contribution in [1.82, 2.24) is 9.97 Å². The maximum atomic E-state index is 10.7. The zero-order valence-electron chi connectivity index (χ0n) is 10.5. The molecular weight excluding hydrogens is 228 g/mol. The van der Waals surface area contributed by atoms with Crippen LogP contribution in [0.5, 0.6) is 0 Å². The van der Waals surface area contributed by atoms with Crippen molar-refractivity contribution in [2.24, 2.45) is 0 Å². The highest BCUT2D eigenvalue weighted by atomic mass is 16.4. The zero-order valence-corrected chi connectivity index (χ0v) is 10.5. The summed E-state index contributed by atoms with van der Waals surface area (Å²) < 4.78 is 0. The molecule has 0 fully saturated rings. The van der Waals surface area contributed by atoms with Crippen LogP contribution in [0.3, 0.4) is 0 Å². The number of hydrogen-bond acceptors (Lipinski definition) is 2. The van der Waals surface area contributed by atoms with Crippen molar-refractivity contribution < 1.29 is 9.90 Å². The Balaban J connectivity index is 2.19. The van der Waals surface area contributed by atoms with Crippen LogP contribution in [-0.4, -0.2) is 21.0 Å². The number of carboxylic acid groups (broad SMARTS) is 1. The number of carbonyl (C=O) groups is 1. The molecule has 1 aromatic carbocycles. The average molecular weight is 244 g/mol. The summed E-state index contributed by atoms with van der Waals surface area (Å²) in [7, 11) is 0. The molecule has 2 N–H and O–H groups in total. The van der Waals surface area contributed by atoms with E-state index in [1.54, 1.807) is 6.20 Å². The van der Waals surface area contributed by atoms with E-state index in [-0.39, 0.29) is 12.3 Å². The number of H-pyrrole nitrogens is 1. The van der Waals surface area contributed by atoms with Gasteiger partial charge in [-0.15, -0.1) is 0 Å². The van der Waals surface area contributed by atoms with Crippen molar-refractivity contribution in [3.63, 3.8) is 0 Å². The van der Waals surface area contributed by atoms with E-state index in [1.807, 2.05) is 38.1 Å². The summed E-state index contributed by atoms with van der Waals surface area (Å²) in [5.74, 6) is -0.203. The fraction of sp³-hybridized carbons (Fsp3) is 0.286. The standard InChI is InChI=1S/C14H16N2O2/c1-9-3-5-11(6-4-9)12-8-15-14(16-12)10(2)7-13(17)18/h3-6,8,10H,7H2,1-2H3,(H,15,16)(H,17,18). The summed E-state index contributed by atoms with van der Waals surface area (Å²) in [5.41, 5.74) is 3.18. The lowest BCUT2D eigenvalue weighted by molar-refractivity contribution is -0.137. The van der Waals surface area contributed by atoms with Gasteiger partial charge in [0.15, 0.2) is 0 Å². The Kier molecular flexibility index (Phi) is 3.46. The van der Waals surface area contributed by atoms with Crippen LogP contribution in [0.1, 0.15) is 30.7 Å². The van der Waals surface area contributed by atoms with Crippen LogP contribution in [0, 0.1) is 6.92 Å². The predicted molar refractivity (Wildman–Crippen MR) is 69.4 cm³/mol. The molecule has 0 saturated carbocycles. The molecule has 0 radical (unpaired) electrons. The highest BCUT2D eigenvalue weighted by Crippen LogP contribution is 2.21. The number of imidazole rings is 1. The number of rotatable bonds is 4. The Morgan fingerprint density at radius 2 is 2.06 bits per heavy atom. The Labute approximate surface area is 106 Å². The first kappa shape index (κ1) is 12.4. The minimum absolute atomic E-state index is 0.0842. The third-order valence-corrected chi connectivity index (χ3v) is 2.91. The molecule has 0 bridgehead atoms. The van der Waals surface area contributed by atoms with Crippen molar-refractivity contribution in [2.75, 3.05) is 0 Å².